The van der Waals surface area contributed by atoms with E-state index in [9.17, 15) is 0 Å². The van der Waals surface area contributed by atoms with Gasteiger partial charge in [-0.3, -0.25) is 0 Å². The summed E-state index contributed by atoms with van der Waals surface area (Å²) in [6.45, 7) is 12.9. The van der Waals surface area contributed by atoms with Crippen LogP contribution in [0.5, 0.6) is 5.75 Å². The minimum atomic E-state index is 0.0747. The molecular formula is C15H21ClO. The molecule has 0 spiro atoms. The van der Waals surface area contributed by atoms with Crippen LogP contribution in [0.1, 0.15) is 31.9 Å². The Bertz CT molecular complexity index is 402. The molecule has 0 aromatic heterocycles. The molecule has 0 aliphatic heterocycles. The van der Waals surface area contributed by atoms with Gasteiger partial charge in [-0.2, -0.15) is 0 Å². The van der Waals surface area contributed by atoms with E-state index in [0.29, 0.717) is 12.5 Å². The van der Waals surface area contributed by atoms with Crippen molar-refractivity contribution < 1.29 is 4.74 Å². The van der Waals surface area contributed by atoms with Crippen molar-refractivity contribution in [1.29, 1.82) is 0 Å². The lowest BCUT2D eigenvalue weighted by atomic mass is 9.86. The Morgan fingerprint density at radius 3 is 2.53 bits per heavy atom. The Labute approximate surface area is 109 Å². The Morgan fingerprint density at radius 2 is 2.00 bits per heavy atom. The van der Waals surface area contributed by atoms with Crippen LogP contribution >= 0.6 is 11.6 Å². The molecule has 94 valence electrons. The van der Waals surface area contributed by atoms with Crippen LogP contribution in [-0.4, -0.2) is 12.5 Å². The van der Waals surface area contributed by atoms with E-state index in [2.05, 4.69) is 52.5 Å². The highest BCUT2D eigenvalue weighted by molar-refractivity contribution is 6.19. The van der Waals surface area contributed by atoms with Gasteiger partial charge >= 0.3 is 0 Å². The average molecular weight is 253 g/mol. The molecule has 0 saturated carbocycles. The molecule has 0 atom stereocenters. The van der Waals surface area contributed by atoms with E-state index in [4.69, 9.17) is 16.3 Å². The molecule has 0 saturated heterocycles. The fourth-order valence-corrected chi connectivity index (χ4v) is 1.66. The molecule has 1 rings (SSSR count). The minimum absolute atomic E-state index is 0.0747. The zero-order chi connectivity index (χ0) is 13.1. The molecule has 0 aliphatic carbocycles. The van der Waals surface area contributed by atoms with E-state index < -0.39 is 0 Å². The minimum Gasteiger partial charge on any atom is -0.489 e. The number of hydrogen-bond donors (Lipinski definition) is 0. The lowest BCUT2D eigenvalue weighted by Crippen LogP contribution is -2.14. The number of hydrogen-bond acceptors (Lipinski definition) is 1. The van der Waals surface area contributed by atoms with E-state index in [1.54, 1.807) is 0 Å². The molecule has 1 aromatic carbocycles. The zero-order valence-electron chi connectivity index (χ0n) is 11.1. The first-order valence-electron chi connectivity index (χ1n) is 5.81. The van der Waals surface area contributed by atoms with Crippen molar-refractivity contribution in [2.75, 3.05) is 12.5 Å². The van der Waals surface area contributed by atoms with Crippen molar-refractivity contribution in [2.45, 2.75) is 33.1 Å². The first-order valence-corrected chi connectivity index (χ1v) is 6.34. The molecule has 0 radical (unpaired) electrons. The second-order valence-electron chi connectivity index (χ2n) is 5.42. The van der Waals surface area contributed by atoms with Crippen LogP contribution in [0.2, 0.25) is 0 Å². The van der Waals surface area contributed by atoms with E-state index in [1.165, 1.54) is 11.1 Å². The Morgan fingerprint density at radius 1 is 1.35 bits per heavy atom. The quantitative estimate of drug-likeness (QED) is 0.568. The van der Waals surface area contributed by atoms with Crippen LogP contribution in [0.25, 0.3) is 0 Å². The van der Waals surface area contributed by atoms with E-state index in [-0.39, 0.29) is 5.41 Å². The molecule has 0 unspecified atom stereocenters. The smallest absolute Gasteiger partial charge is 0.123 e. The summed E-state index contributed by atoms with van der Waals surface area (Å²) in [7, 11) is 0. The summed E-state index contributed by atoms with van der Waals surface area (Å²) in [5.74, 6) is 1.38. The van der Waals surface area contributed by atoms with E-state index in [1.807, 2.05) is 0 Å². The highest BCUT2D eigenvalue weighted by Gasteiger charge is 2.18. The van der Waals surface area contributed by atoms with Crippen molar-refractivity contribution in [3.8, 4) is 5.75 Å². The third-order valence-corrected chi connectivity index (χ3v) is 2.94. The van der Waals surface area contributed by atoms with Gasteiger partial charge in [0.15, 0.2) is 0 Å². The second-order valence-corrected chi connectivity index (χ2v) is 5.69. The van der Waals surface area contributed by atoms with Gasteiger partial charge in [-0.05, 0) is 35.1 Å². The first-order chi connectivity index (χ1) is 7.84. The molecule has 2 heteroatoms. The summed E-state index contributed by atoms with van der Waals surface area (Å²) in [4.78, 5) is 0. The van der Waals surface area contributed by atoms with Gasteiger partial charge < -0.3 is 4.74 Å². The average Bonchev–Trinajstić information content (AvgIpc) is 2.24. The predicted molar refractivity (Wildman–Crippen MR) is 75.2 cm³/mol. The zero-order valence-corrected chi connectivity index (χ0v) is 11.9. The number of ether oxygens (including phenoxy) is 1. The summed E-state index contributed by atoms with van der Waals surface area (Å²) in [5, 5.41) is 0. The molecule has 1 aromatic rings. The lowest BCUT2D eigenvalue weighted by molar-refractivity contribution is 0.341. The normalized spacial score (nSPS) is 11.4. The van der Waals surface area contributed by atoms with Gasteiger partial charge in [-0.15, -0.1) is 11.6 Å². The molecular weight excluding hydrogens is 232 g/mol. The maximum Gasteiger partial charge on any atom is 0.123 e. The highest BCUT2D eigenvalue weighted by Crippen LogP contribution is 2.32. The third kappa shape index (κ3) is 4.08. The summed E-state index contributed by atoms with van der Waals surface area (Å²) in [5.41, 5.74) is 3.38. The van der Waals surface area contributed by atoms with E-state index in [0.717, 1.165) is 11.3 Å². The Balaban J connectivity index is 2.96. The van der Waals surface area contributed by atoms with Crippen LogP contribution in [0.3, 0.4) is 0 Å². The fourth-order valence-electron chi connectivity index (χ4n) is 1.59. The van der Waals surface area contributed by atoms with Crippen molar-refractivity contribution >= 4 is 11.6 Å². The van der Waals surface area contributed by atoms with Crippen molar-refractivity contribution in [1.82, 2.24) is 0 Å². The van der Waals surface area contributed by atoms with Gasteiger partial charge in [-0.1, -0.05) is 39.5 Å². The predicted octanol–water partition coefficient (Wildman–Crippen LogP) is 4.47. The summed E-state index contributed by atoms with van der Waals surface area (Å²) in [6.07, 6.45) is 0. The molecule has 0 bridgehead atoms. The van der Waals surface area contributed by atoms with Crippen molar-refractivity contribution in [2.24, 2.45) is 0 Å². The molecule has 0 N–H and O–H groups in total. The van der Waals surface area contributed by atoms with Gasteiger partial charge in [0, 0.05) is 5.88 Å². The van der Waals surface area contributed by atoms with Gasteiger partial charge in [0.05, 0.1) is 0 Å². The number of benzene rings is 1. The van der Waals surface area contributed by atoms with Crippen LogP contribution in [0, 0.1) is 6.92 Å². The van der Waals surface area contributed by atoms with E-state index >= 15 is 0 Å². The van der Waals surface area contributed by atoms with Crippen molar-refractivity contribution in [3.05, 3.63) is 41.5 Å². The van der Waals surface area contributed by atoms with Crippen molar-refractivity contribution in [3.63, 3.8) is 0 Å². The number of halogens is 1. The number of aryl methyl sites for hydroxylation is 1. The lowest BCUT2D eigenvalue weighted by Gasteiger charge is -2.23. The standard InChI is InChI=1S/C15H21ClO/c1-11-6-7-13(15(3,4)5)14(8-11)17-10-12(2)9-16/h6-8H,2,9-10H2,1,3-5H3. The number of rotatable bonds is 4. The summed E-state index contributed by atoms with van der Waals surface area (Å²) >= 11 is 5.70. The second kappa shape index (κ2) is 5.59. The van der Waals surface area contributed by atoms with Gasteiger partial charge in [0.2, 0.25) is 0 Å². The highest BCUT2D eigenvalue weighted by atomic mass is 35.5. The monoisotopic (exact) mass is 252 g/mol. The molecule has 0 fully saturated rings. The van der Waals surface area contributed by atoms with Gasteiger partial charge in [0.25, 0.3) is 0 Å². The summed E-state index contributed by atoms with van der Waals surface area (Å²) < 4.78 is 5.81. The maximum atomic E-state index is 5.81. The molecule has 0 aliphatic rings. The van der Waals surface area contributed by atoms with Crippen LogP contribution < -0.4 is 4.74 Å². The van der Waals surface area contributed by atoms with Gasteiger partial charge in [-0.25, -0.2) is 0 Å². The van der Waals surface area contributed by atoms with Crippen LogP contribution in [0.4, 0.5) is 0 Å². The maximum absolute atomic E-state index is 5.81. The topological polar surface area (TPSA) is 9.23 Å². The molecule has 0 heterocycles. The van der Waals surface area contributed by atoms with Crippen LogP contribution in [-0.2, 0) is 5.41 Å². The Kier molecular flexibility index (Phi) is 4.64. The number of alkyl halides is 1. The SMILES string of the molecule is C=C(CCl)COc1cc(C)ccc1C(C)(C)C. The largest absolute Gasteiger partial charge is 0.489 e. The van der Waals surface area contributed by atoms with Gasteiger partial charge in [0.1, 0.15) is 12.4 Å². The first kappa shape index (κ1) is 14.1. The summed E-state index contributed by atoms with van der Waals surface area (Å²) in [6, 6.07) is 6.32. The molecule has 0 amide bonds. The van der Waals surface area contributed by atoms with Crippen LogP contribution in [0.15, 0.2) is 30.4 Å². The fraction of sp³-hybridized carbons (Fsp3) is 0.467. The molecule has 1 nitrogen and oxygen atoms in total. The third-order valence-electron chi connectivity index (χ3n) is 2.57. The molecule has 17 heavy (non-hydrogen) atoms. The Hall–Kier alpha value is -0.950.